The lowest BCUT2D eigenvalue weighted by Crippen LogP contribution is -2.10. The van der Waals surface area contributed by atoms with Crippen LogP contribution in [0, 0.1) is 5.82 Å². The number of nitrogens with zero attached hydrogens (tertiary/aromatic N) is 2. The number of hydrogen-bond donors (Lipinski definition) is 3. The van der Waals surface area contributed by atoms with E-state index in [0.29, 0.717) is 35.5 Å². The monoisotopic (exact) mass is 482 g/mol. The number of anilines is 2. The fourth-order valence-corrected chi connectivity index (χ4v) is 4.19. The van der Waals surface area contributed by atoms with Gasteiger partial charge < -0.3 is 20.3 Å². The zero-order chi connectivity index (χ0) is 25.1. The molecule has 4 aromatic rings. The fraction of sp³-hybridized carbons (Fsp3) is 0.107. The highest BCUT2D eigenvalue weighted by molar-refractivity contribution is 6.37. The van der Waals surface area contributed by atoms with E-state index < -0.39 is 11.8 Å². The van der Waals surface area contributed by atoms with Crippen LogP contribution >= 0.6 is 0 Å². The Morgan fingerprint density at radius 1 is 1.03 bits per heavy atom. The second-order valence-corrected chi connectivity index (χ2v) is 8.54. The van der Waals surface area contributed by atoms with Crippen molar-refractivity contribution in [3.8, 4) is 0 Å². The zero-order valence-electron chi connectivity index (χ0n) is 19.2. The van der Waals surface area contributed by atoms with E-state index in [-0.39, 0.29) is 12.3 Å². The number of imidazole rings is 1. The summed E-state index contributed by atoms with van der Waals surface area (Å²) >= 11 is 0. The summed E-state index contributed by atoms with van der Waals surface area (Å²) in [5, 5.41) is 15.1. The lowest BCUT2D eigenvalue weighted by atomic mass is 9.98. The normalized spacial score (nSPS) is 13.8. The predicted molar refractivity (Wildman–Crippen MR) is 136 cm³/mol. The van der Waals surface area contributed by atoms with Gasteiger partial charge in [0, 0.05) is 36.6 Å². The van der Waals surface area contributed by atoms with Crippen molar-refractivity contribution >= 4 is 34.5 Å². The zero-order valence-corrected chi connectivity index (χ0v) is 19.2. The number of carbonyl (C=O) groups excluding carboxylic acids is 1. The first-order valence-electron chi connectivity index (χ1n) is 11.4. The van der Waals surface area contributed by atoms with Crippen LogP contribution in [0.4, 0.5) is 15.8 Å². The molecule has 7 nitrogen and oxygen atoms in total. The number of amides is 1. The van der Waals surface area contributed by atoms with Crippen LogP contribution in [0.1, 0.15) is 28.7 Å². The fourth-order valence-electron chi connectivity index (χ4n) is 4.19. The first-order chi connectivity index (χ1) is 17.5. The molecular formula is C28H23FN4O3. The van der Waals surface area contributed by atoms with E-state index in [1.165, 1.54) is 12.1 Å². The molecule has 180 valence electrons. The molecule has 0 saturated heterocycles. The van der Waals surface area contributed by atoms with E-state index in [1.54, 1.807) is 18.6 Å². The van der Waals surface area contributed by atoms with Gasteiger partial charge in [0.15, 0.2) is 0 Å². The molecule has 3 N–H and O–H groups in total. The average Bonchev–Trinajstić information content (AvgIpc) is 3.49. The molecule has 5 rings (SSSR count). The summed E-state index contributed by atoms with van der Waals surface area (Å²) in [7, 11) is 0. The van der Waals surface area contributed by atoms with Gasteiger partial charge in [0.2, 0.25) is 0 Å². The second-order valence-electron chi connectivity index (χ2n) is 8.54. The van der Waals surface area contributed by atoms with Gasteiger partial charge in [0.25, 0.3) is 5.91 Å². The van der Waals surface area contributed by atoms with Crippen molar-refractivity contribution < 1.29 is 19.1 Å². The highest BCUT2D eigenvalue weighted by Gasteiger charge is 2.28. The van der Waals surface area contributed by atoms with Crippen molar-refractivity contribution in [2.24, 2.45) is 0 Å². The number of aromatic nitrogens is 2. The topological polar surface area (TPSA) is 96.2 Å². The Bertz CT molecular complexity index is 1440. The molecule has 2 heterocycles. The maximum Gasteiger partial charge on any atom is 0.303 e. The number of benzene rings is 3. The number of aliphatic carboxylic acids is 1. The third-order valence-electron chi connectivity index (χ3n) is 5.99. The maximum atomic E-state index is 13.8. The van der Waals surface area contributed by atoms with Crippen molar-refractivity contribution in [3.63, 3.8) is 0 Å². The molecule has 0 atom stereocenters. The van der Waals surface area contributed by atoms with Gasteiger partial charge in [-0.3, -0.25) is 9.59 Å². The quantitative estimate of drug-likeness (QED) is 0.307. The van der Waals surface area contributed by atoms with Crippen LogP contribution in [-0.4, -0.2) is 26.5 Å². The molecular weight excluding hydrogens is 459 g/mol. The molecule has 0 aliphatic carbocycles. The summed E-state index contributed by atoms with van der Waals surface area (Å²) in [6.07, 6.45) is 5.84. The molecule has 36 heavy (non-hydrogen) atoms. The number of hydrogen-bond acceptors (Lipinski definition) is 4. The molecule has 1 aliphatic rings. The van der Waals surface area contributed by atoms with Crippen LogP contribution in [0.15, 0.2) is 85.5 Å². The van der Waals surface area contributed by atoms with Crippen LogP contribution in [-0.2, 0) is 22.6 Å². The predicted octanol–water partition coefficient (Wildman–Crippen LogP) is 5.02. The molecule has 0 radical (unpaired) electrons. The standard InChI is InChI=1S/C28H23FN4O3/c29-21-8-11-23-24(15-21)32-28(36)26(23)27(20-6-1-18(2-7-20)5-12-25(34)35)31-22-9-3-19(4-10-22)16-33-14-13-30-17-33/h1-4,6-11,13-15,17,31H,5,12,16H2,(H,32,36)(H,34,35)/b27-26-. The van der Waals surface area contributed by atoms with Gasteiger partial charge in [-0.05, 0) is 53.4 Å². The van der Waals surface area contributed by atoms with Crippen molar-refractivity contribution in [2.45, 2.75) is 19.4 Å². The Kier molecular flexibility index (Phi) is 6.32. The smallest absolute Gasteiger partial charge is 0.303 e. The van der Waals surface area contributed by atoms with Crippen LogP contribution in [0.5, 0.6) is 0 Å². The van der Waals surface area contributed by atoms with Gasteiger partial charge in [-0.1, -0.05) is 36.4 Å². The number of carbonyl (C=O) groups is 2. The van der Waals surface area contributed by atoms with E-state index >= 15 is 0 Å². The third-order valence-corrected chi connectivity index (χ3v) is 5.99. The molecule has 0 bridgehead atoms. The van der Waals surface area contributed by atoms with Gasteiger partial charge in [0.05, 0.1) is 23.3 Å². The highest BCUT2D eigenvalue weighted by atomic mass is 19.1. The molecule has 0 saturated carbocycles. The van der Waals surface area contributed by atoms with E-state index in [1.807, 2.05) is 59.3 Å². The summed E-state index contributed by atoms with van der Waals surface area (Å²) in [5.41, 5.74) is 5.51. The molecule has 1 aliphatic heterocycles. The van der Waals surface area contributed by atoms with Gasteiger partial charge in [0.1, 0.15) is 5.82 Å². The SMILES string of the molecule is O=C(O)CCc1ccc(/C(Nc2ccc(Cn3ccnc3)cc2)=C2/C(=O)Nc3cc(F)ccc32)cc1. The van der Waals surface area contributed by atoms with Crippen molar-refractivity contribution in [1.29, 1.82) is 0 Å². The van der Waals surface area contributed by atoms with Gasteiger partial charge in [-0.2, -0.15) is 0 Å². The number of aryl methyl sites for hydroxylation is 1. The average molecular weight is 483 g/mol. The largest absolute Gasteiger partial charge is 0.481 e. The first-order valence-corrected chi connectivity index (χ1v) is 11.4. The number of rotatable bonds is 8. The summed E-state index contributed by atoms with van der Waals surface area (Å²) in [6.45, 7) is 0.688. The summed E-state index contributed by atoms with van der Waals surface area (Å²) in [5.74, 6) is -1.61. The molecule has 0 unspecified atom stereocenters. The molecule has 8 heteroatoms. The third kappa shape index (κ3) is 5.02. The Morgan fingerprint density at radius 3 is 2.47 bits per heavy atom. The maximum absolute atomic E-state index is 13.8. The Hall–Kier alpha value is -4.72. The van der Waals surface area contributed by atoms with Gasteiger partial charge in [-0.25, -0.2) is 9.37 Å². The van der Waals surface area contributed by atoms with E-state index in [0.717, 1.165) is 22.4 Å². The minimum absolute atomic E-state index is 0.0400. The second kappa shape index (κ2) is 9.87. The lowest BCUT2D eigenvalue weighted by molar-refractivity contribution is -0.137. The van der Waals surface area contributed by atoms with Crippen molar-refractivity contribution in [3.05, 3.63) is 114 Å². The van der Waals surface area contributed by atoms with Crippen LogP contribution in [0.2, 0.25) is 0 Å². The van der Waals surface area contributed by atoms with E-state index in [2.05, 4.69) is 15.6 Å². The molecule has 1 amide bonds. The van der Waals surface area contributed by atoms with Crippen LogP contribution in [0.3, 0.4) is 0 Å². The molecule has 1 aromatic heterocycles. The summed E-state index contributed by atoms with van der Waals surface area (Å²) < 4.78 is 15.8. The Morgan fingerprint density at radius 2 is 1.78 bits per heavy atom. The Balaban J connectivity index is 1.50. The number of fused-ring (bicyclic) bond motifs is 1. The van der Waals surface area contributed by atoms with E-state index in [9.17, 15) is 14.0 Å². The number of carboxylic acids is 1. The van der Waals surface area contributed by atoms with Crippen molar-refractivity contribution in [1.82, 2.24) is 9.55 Å². The number of nitrogens with one attached hydrogen (secondary N) is 2. The minimum atomic E-state index is -0.855. The van der Waals surface area contributed by atoms with Gasteiger partial charge in [-0.15, -0.1) is 0 Å². The highest BCUT2D eigenvalue weighted by Crippen LogP contribution is 2.38. The first kappa shape index (κ1) is 23.0. The lowest BCUT2D eigenvalue weighted by Gasteiger charge is -2.16. The number of carboxylic acid groups (broad SMARTS) is 1. The molecule has 0 fully saturated rings. The molecule has 3 aromatic carbocycles. The molecule has 0 spiro atoms. The van der Waals surface area contributed by atoms with Crippen LogP contribution in [0.25, 0.3) is 11.3 Å². The van der Waals surface area contributed by atoms with Crippen LogP contribution < -0.4 is 10.6 Å². The summed E-state index contributed by atoms with van der Waals surface area (Å²) in [4.78, 5) is 28.0. The number of halogens is 1. The van der Waals surface area contributed by atoms with E-state index in [4.69, 9.17) is 5.11 Å². The van der Waals surface area contributed by atoms with Gasteiger partial charge >= 0.3 is 5.97 Å². The van der Waals surface area contributed by atoms with Crippen molar-refractivity contribution in [2.75, 3.05) is 10.6 Å². The minimum Gasteiger partial charge on any atom is -0.481 e. The Labute approximate surface area is 206 Å². The summed E-state index contributed by atoms with van der Waals surface area (Å²) in [6, 6.07) is 19.5.